The molecule has 0 saturated carbocycles. The Bertz CT molecular complexity index is 1020. The highest BCUT2D eigenvalue weighted by molar-refractivity contribution is 9.10. The van der Waals surface area contributed by atoms with E-state index in [2.05, 4.69) is 26.2 Å². The van der Waals surface area contributed by atoms with E-state index in [4.69, 9.17) is 16.3 Å². The van der Waals surface area contributed by atoms with E-state index < -0.39 is 0 Å². The van der Waals surface area contributed by atoms with Gasteiger partial charge < -0.3 is 10.1 Å². The summed E-state index contributed by atoms with van der Waals surface area (Å²) < 4.78 is 6.52. The largest absolute Gasteiger partial charge is 0.493 e. The molecule has 6 heteroatoms. The highest BCUT2D eigenvalue weighted by Crippen LogP contribution is 2.34. The summed E-state index contributed by atoms with van der Waals surface area (Å²) in [6, 6.07) is 13.3. The second-order valence-electron chi connectivity index (χ2n) is 6.22. The van der Waals surface area contributed by atoms with Gasteiger partial charge in [0.25, 0.3) is 5.91 Å². The summed E-state index contributed by atoms with van der Waals surface area (Å²) in [7, 11) is 0. The molecule has 26 heavy (non-hydrogen) atoms. The summed E-state index contributed by atoms with van der Waals surface area (Å²) in [6.45, 7) is 2.37. The number of carbonyl (C=O) groups excluding carboxylic acids is 1. The molecule has 1 aromatic heterocycles. The van der Waals surface area contributed by atoms with Crippen LogP contribution in [-0.2, 0) is 0 Å². The molecule has 0 aliphatic carbocycles. The summed E-state index contributed by atoms with van der Waals surface area (Å²) in [5.74, 6) is 0.594. The number of para-hydroxylation sites is 2. The van der Waals surface area contributed by atoms with Gasteiger partial charge >= 0.3 is 0 Å². The van der Waals surface area contributed by atoms with E-state index in [1.54, 1.807) is 6.92 Å². The van der Waals surface area contributed by atoms with Crippen molar-refractivity contribution >= 4 is 44.3 Å². The first-order valence-corrected chi connectivity index (χ1v) is 9.50. The second-order valence-corrected chi connectivity index (χ2v) is 7.46. The molecule has 0 fully saturated rings. The van der Waals surface area contributed by atoms with Crippen molar-refractivity contribution in [2.45, 2.75) is 19.4 Å². The first kappa shape index (κ1) is 17.3. The van der Waals surface area contributed by atoms with E-state index in [9.17, 15) is 4.79 Å². The van der Waals surface area contributed by atoms with Gasteiger partial charge in [0, 0.05) is 21.8 Å². The first-order chi connectivity index (χ1) is 12.6. The van der Waals surface area contributed by atoms with E-state index in [-0.39, 0.29) is 11.9 Å². The van der Waals surface area contributed by atoms with Crippen LogP contribution in [0.4, 0.5) is 0 Å². The maximum absolute atomic E-state index is 13.0. The van der Waals surface area contributed by atoms with Gasteiger partial charge in [-0.2, -0.15) is 0 Å². The minimum absolute atomic E-state index is 0.110. The monoisotopic (exact) mass is 430 g/mol. The predicted molar refractivity (Wildman–Crippen MR) is 106 cm³/mol. The molecule has 1 aliphatic rings. The fourth-order valence-electron chi connectivity index (χ4n) is 3.31. The highest BCUT2D eigenvalue weighted by atomic mass is 79.9. The lowest BCUT2D eigenvalue weighted by Gasteiger charge is -2.27. The molecule has 0 spiro atoms. The van der Waals surface area contributed by atoms with Crippen molar-refractivity contribution in [2.24, 2.45) is 0 Å². The van der Waals surface area contributed by atoms with E-state index in [1.165, 1.54) is 0 Å². The lowest BCUT2D eigenvalue weighted by atomic mass is 10.00. The van der Waals surface area contributed by atoms with Gasteiger partial charge in [-0.15, -0.1) is 0 Å². The van der Waals surface area contributed by atoms with Crippen molar-refractivity contribution < 1.29 is 9.53 Å². The van der Waals surface area contributed by atoms with Gasteiger partial charge in [0.05, 0.1) is 34.4 Å². The number of benzene rings is 2. The number of halogens is 2. The molecule has 0 radical (unpaired) electrons. The standard InChI is InChI=1S/C20H16BrClN2O2/c1-11-17(18(22)13-6-4-7-14(21)19(13)23-11)20(25)24-15-9-10-26-16-8-3-2-5-12(15)16/h2-8,15H,9-10H2,1H3,(H,24,25). The van der Waals surface area contributed by atoms with E-state index in [0.29, 0.717) is 29.3 Å². The summed E-state index contributed by atoms with van der Waals surface area (Å²) in [4.78, 5) is 17.6. The SMILES string of the molecule is Cc1nc2c(Br)cccc2c(Cl)c1C(=O)NC1CCOc2ccccc21. The third kappa shape index (κ3) is 2.95. The Kier molecular flexibility index (Phi) is 4.59. The molecule has 1 amide bonds. The third-order valence-corrected chi connectivity index (χ3v) is 5.61. The van der Waals surface area contributed by atoms with Crippen LogP contribution in [0.1, 0.15) is 34.1 Å². The number of aromatic nitrogens is 1. The number of carbonyl (C=O) groups is 1. The molecule has 132 valence electrons. The van der Waals surface area contributed by atoms with Gasteiger partial charge in [-0.3, -0.25) is 9.78 Å². The van der Waals surface area contributed by atoms with Crippen molar-refractivity contribution in [1.82, 2.24) is 10.3 Å². The minimum atomic E-state index is -0.219. The molecule has 2 heterocycles. The van der Waals surface area contributed by atoms with Crippen LogP contribution in [0.3, 0.4) is 0 Å². The third-order valence-electron chi connectivity index (χ3n) is 4.57. The van der Waals surface area contributed by atoms with Crippen molar-refractivity contribution in [1.29, 1.82) is 0 Å². The number of rotatable bonds is 2. The summed E-state index contributed by atoms with van der Waals surface area (Å²) in [5.41, 5.74) is 2.76. The maximum atomic E-state index is 13.0. The number of hydrogen-bond donors (Lipinski definition) is 1. The maximum Gasteiger partial charge on any atom is 0.255 e. The number of fused-ring (bicyclic) bond motifs is 2. The van der Waals surface area contributed by atoms with Crippen LogP contribution < -0.4 is 10.1 Å². The van der Waals surface area contributed by atoms with Crippen LogP contribution in [0.25, 0.3) is 10.9 Å². The minimum Gasteiger partial charge on any atom is -0.493 e. The van der Waals surface area contributed by atoms with E-state index >= 15 is 0 Å². The summed E-state index contributed by atoms with van der Waals surface area (Å²) >= 11 is 10.1. The Morgan fingerprint density at radius 1 is 1.27 bits per heavy atom. The van der Waals surface area contributed by atoms with Crippen LogP contribution >= 0.6 is 27.5 Å². The number of hydrogen-bond acceptors (Lipinski definition) is 3. The van der Waals surface area contributed by atoms with Crippen LogP contribution in [0.2, 0.25) is 5.02 Å². The Labute approximate surface area is 164 Å². The molecule has 0 bridgehead atoms. The number of amides is 1. The molecule has 0 saturated heterocycles. The van der Waals surface area contributed by atoms with E-state index in [1.807, 2.05) is 42.5 Å². The zero-order valence-electron chi connectivity index (χ0n) is 14.1. The predicted octanol–water partition coefficient (Wildman–Crippen LogP) is 5.21. The molecule has 3 aromatic rings. The lowest BCUT2D eigenvalue weighted by Crippen LogP contribution is -2.32. The average Bonchev–Trinajstić information content (AvgIpc) is 2.63. The fourth-order valence-corrected chi connectivity index (χ4v) is 4.14. The molecular weight excluding hydrogens is 416 g/mol. The molecule has 1 aliphatic heterocycles. The zero-order chi connectivity index (χ0) is 18.3. The molecule has 4 rings (SSSR count). The zero-order valence-corrected chi connectivity index (χ0v) is 16.4. The Morgan fingerprint density at radius 2 is 2.08 bits per heavy atom. The Balaban J connectivity index is 1.72. The molecule has 1 N–H and O–H groups in total. The smallest absolute Gasteiger partial charge is 0.255 e. The summed E-state index contributed by atoms with van der Waals surface area (Å²) in [5, 5.41) is 4.27. The van der Waals surface area contributed by atoms with Gasteiger partial charge in [0.15, 0.2) is 0 Å². The number of ether oxygens (including phenoxy) is 1. The molecule has 4 nitrogen and oxygen atoms in total. The molecule has 1 unspecified atom stereocenters. The summed E-state index contributed by atoms with van der Waals surface area (Å²) in [6.07, 6.45) is 0.714. The van der Waals surface area contributed by atoms with Crippen molar-refractivity contribution in [3.05, 3.63) is 68.8 Å². The Morgan fingerprint density at radius 3 is 2.92 bits per heavy atom. The number of aryl methyl sites for hydroxylation is 1. The van der Waals surface area contributed by atoms with Crippen LogP contribution in [0, 0.1) is 6.92 Å². The topological polar surface area (TPSA) is 51.2 Å². The molecule has 2 aromatic carbocycles. The fraction of sp³-hybridized carbons (Fsp3) is 0.200. The van der Waals surface area contributed by atoms with Crippen molar-refractivity contribution in [2.75, 3.05) is 6.61 Å². The van der Waals surface area contributed by atoms with Gasteiger partial charge in [-0.1, -0.05) is 41.9 Å². The average molecular weight is 432 g/mol. The Hall–Kier alpha value is -2.11. The van der Waals surface area contributed by atoms with Gasteiger partial charge in [-0.25, -0.2) is 0 Å². The van der Waals surface area contributed by atoms with Crippen molar-refractivity contribution in [3.63, 3.8) is 0 Å². The van der Waals surface area contributed by atoms with Crippen LogP contribution in [-0.4, -0.2) is 17.5 Å². The van der Waals surface area contributed by atoms with Gasteiger partial charge in [0.1, 0.15) is 5.75 Å². The normalized spacial score (nSPS) is 16.0. The number of nitrogens with zero attached hydrogens (tertiary/aromatic N) is 1. The van der Waals surface area contributed by atoms with Gasteiger partial charge in [-0.05, 0) is 35.0 Å². The van der Waals surface area contributed by atoms with Crippen LogP contribution in [0.15, 0.2) is 46.9 Å². The molecular formula is C20H16BrClN2O2. The first-order valence-electron chi connectivity index (χ1n) is 8.33. The quantitative estimate of drug-likeness (QED) is 0.606. The second kappa shape index (κ2) is 6.89. The van der Waals surface area contributed by atoms with Crippen molar-refractivity contribution in [3.8, 4) is 5.75 Å². The van der Waals surface area contributed by atoms with Gasteiger partial charge in [0.2, 0.25) is 0 Å². The van der Waals surface area contributed by atoms with Crippen LogP contribution in [0.5, 0.6) is 5.75 Å². The lowest BCUT2D eigenvalue weighted by molar-refractivity contribution is 0.0924. The number of nitrogens with one attached hydrogen (secondary N) is 1. The molecule has 1 atom stereocenters. The number of pyridine rings is 1. The highest BCUT2D eigenvalue weighted by Gasteiger charge is 2.26. The van der Waals surface area contributed by atoms with E-state index in [0.717, 1.165) is 26.7 Å².